The summed E-state index contributed by atoms with van der Waals surface area (Å²) >= 11 is 1.43. The topological polar surface area (TPSA) is 71.3 Å². The lowest BCUT2D eigenvalue weighted by atomic mass is 10.0. The number of amides is 1. The molecule has 1 N–H and O–H groups in total. The third-order valence-electron chi connectivity index (χ3n) is 4.25. The standard InChI is InChI=1S/C16H22N4O2S/c1-5-17-16-18-10(3)14(23-16)15(21)20-8-6-7-12(20)13-9(2)19-22-11(13)4/h12H,5-8H2,1-4H3,(H,17,18)/t12-/m0/s1. The van der Waals surface area contributed by atoms with Crippen molar-refractivity contribution in [1.29, 1.82) is 0 Å². The molecule has 2 aromatic heterocycles. The molecule has 0 aliphatic carbocycles. The maximum Gasteiger partial charge on any atom is 0.266 e. The molecule has 3 heterocycles. The van der Waals surface area contributed by atoms with Crippen LogP contribution < -0.4 is 5.32 Å². The Hall–Kier alpha value is -1.89. The molecular weight excluding hydrogens is 312 g/mol. The van der Waals surface area contributed by atoms with Crippen molar-refractivity contribution in [2.75, 3.05) is 18.4 Å². The van der Waals surface area contributed by atoms with Crippen LogP contribution in [0.15, 0.2) is 4.52 Å². The van der Waals surface area contributed by atoms with Crippen LogP contribution in [0.1, 0.15) is 58.2 Å². The van der Waals surface area contributed by atoms with Gasteiger partial charge >= 0.3 is 0 Å². The Balaban J connectivity index is 1.89. The first kappa shape index (κ1) is 16.0. The first-order chi connectivity index (χ1) is 11.0. The first-order valence-electron chi connectivity index (χ1n) is 7.98. The van der Waals surface area contributed by atoms with Gasteiger partial charge in [-0.1, -0.05) is 16.5 Å². The van der Waals surface area contributed by atoms with E-state index in [9.17, 15) is 4.79 Å². The fourth-order valence-electron chi connectivity index (χ4n) is 3.23. The lowest BCUT2D eigenvalue weighted by Crippen LogP contribution is -2.30. The maximum absolute atomic E-state index is 13.0. The van der Waals surface area contributed by atoms with Crippen molar-refractivity contribution < 1.29 is 9.32 Å². The Morgan fingerprint density at radius 3 is 2.83 bits per heavy atom. The summed E-state index contributed by atoms with van der Waals surface area (Å²) < 4.78 is 5.29. The summed E-state index contributed by atoms with van der Waals surface area (Å²) in [5.74, 6) is 0.869. The molecule has 1 fully saturated rings. The summed E-state index contributed by atoms with van der Waals surface area (Å²) in [6, 6.07) is 0.0536. The number of nitrogens with zero attached hydrogens (tertiary/aromatic N) is 3. The zero-order valence-electron chi connectivity index (χ0n) is 14.0. The number of carbonyl (C=O) groups excluding carboxylic acids is 1. The van der Waals surface area contributed by atoms with E-state index < -0.39 is 0 Å². The van der Waals surface area contributed by atoms with Crippen molar-refractivity contribution in [3.63, 3.8) is 0 Å². The summed E-state index contributed by atoms with van der Waals surface area (Å²) in [6.45, 7) is 9.33. The van der Waals surface area contributed by atoms with E-state index in [1.807, 2.05) is 32.6 Å². The van der Waals surface area contributed by atoms with Crippen molar-refractivity contribution in [2.24, 2.45) is 0 Å². The van der Waals surface area contributed by atoms with Crippen LogP contribution in [0.5, 0.6) is 0 Å². The Kier molecular flexibility index (Phi) is 4.39. The minimum absolute atomic E-state index is 0.0536. The number of aromatic nitrogens is 2. The quantitative estimate of drug-likeness (QED) is 0.927. The molecule has 124 valence electrons. The number of rotatable bonds is 4. The van der Waals surface area contributed by atoms with E-state index in [1.165, 1.54) is 11.3 Å². The Morgan fingerprint density at radius 2 is 2.17 bits per heavy atom. The van der Waals surface area contributed by atoms with Gasteiger partial charge in [0.1, 0.15) is 10.6 Å². The Morgan fingerprint density at radius 1 is 1.39 bits per heavy atom. The Labute approximate surface area is 139 Å². The molecule has 1 amide bonds. The van der Waals surface area contributed by atoms with Crippen molar-refractivity contribution in [3.05, 3.63) is 27.6 Å². The van der Waals surface area contributed by atoms with Crippen molar-refractivity contribution in [2.45, 2.75) is 46.6 Å². The second kappa shape index (κ2) is 6.31. The lowest BCUT2D eigenvalue weighted by molar-refractivity contribution is 0.0738. The van der Waals surface area contributed by atoms with Crippen LogP contribution in [-0.4, -0.2) is 34.0 Å². The molecule has 7 heteroatoms. The van der Waals surface area contributed by atoms with Crippen LogP contribution in [0.2, 0.25) is 0 Å². The minimum atomic E-state index is 0.0536. The molecule has 23 heavy (non-hydrogen) atoms. The van der Waals surface area contributed by atoms with Gasteiger partial charge in [-0.25, -0.2) is 4.98 Å². The highest BCUT2D eigenvalue weighted by Crippen LogP contribution is 2.37. The third kappa shape index (κ3) is 2.85. The normalized spacial score (nSPS) is 17.7. The molecule has 1 aliphatic heterocycles. The Bertz CT molecular complexity index is 702. The highest BCUT2D eigenvalue weighted by Gasteiger charge is 2.35. The smallest absolute Gasteiger partial charge is 0.266 e. The zero-order chi connectivity index (χ0) is 16.6. The fraction of sp³-hybridized carbons (Fsp3) is 0.562. The summed E-state index contributed by atoms with van der Waals surface area (Å²) in [7, 11) is 0. The van der Waals surface area contributed by atoms with E-state index in [-0.39, 0.29) is 11.9 Å². The van der Waals surface area contributed by atoms with Gasteiger partial charge in [-0.3, -0.25) is 4.79 Å². The van der Waals surface area contributed by atoms with Gasteiger partial charge in [0.15, 0.2) is 5.13 Å². The first-order valence-corrected chi connectivity index (χ1v) is 8.79. The number of nitrogens with one attached hydrogen (secondary N) is 1. The molecule has 0 radical (unpaired) electrons. The zero-order valence-corrected chi connectivity index (χ0v) is 14.8. The SMILES string of the molecule is CCNc1nc(C)c(C(=O)N2CCC[C@H]2c2c(C)noc2C)s1. The van der Waals surface area contributed by atoms with E-state index >= 15 is 0 Å². The molecule has 0 spiro atoms. The molecule has 0 bridgehead atoms. The largest absolute Gasteiger partial charge is 0.362 e. The highest BCUT2D eigenvalue weighted by atomic mass is 32.1. The molecule has 6 nitrogen and oxygen atoms in total. The summed E-state index contributed by atoms with van der Waals surface area (Å²) in [4.78, 5) is 20.1. The van der Waals surface area contributed by atoms with Crippen LogP contribution in [0.3, 0.4) is 0 Å². The predicted molar refractivity (Wildman–Crippen MR) is 90.0 cm³/mol. The number of aryl methyl sites for hydroxylation is 3. The van der Waals surface area contributed by atoms with Crippen LogP contribution in [0.4, 0.5) is 5.13 Å². The van der Waals surface area contributed by atoms with Crippen LogP contribution in [0, 0.1) is 20.8 Å². The average Bonchev–Trinajstić information content (AvgIpc) is 3.19. The molecule has 0 saturated carbocycles. The van der Waals surface area contributed by atoms with Gasteiger partial charge in [-0.2, -0.15) is 0 Å². The maximum atomic E-state index is 13.0. The number of hydrogen-bond acceptors (Lipinski definition) is 6. The monoisotopic (exact) mass is 334 g/mol. The van der Waals surface area contributed by atoms with E-state index in [0.29, 0.717) is 0 Å². The van der Waals surface area contributed by atoms with Crippen LogP contribution >= 0.6 is 11.3 Å². The second-order valence-electron chi connectivity index (χ2n) is 5.86. The van der Waals surface area contributed by atoms with Crippen LogP contribution in [-0.2, 0) is 0 Å². The number of likely N-dealkylation sites (tertiary alicyclic amines) is 1. The molecule has 1 saturated heterocycles. The lowest BCUT2D eigenvalue weighted by Gasteiger charge is -2.24. The molecule has 0 unspecified atom stereocenters. The number of anilines is 1. The molecule has 0 aromatic carbocycles. The highest BCUT2D eigenvalue weighted by molar-refractivity contribution is 7.17. The third-order valence-corrected chi connectivity index (χ3v) is 5.36. The number of carbonyl (C=O) groups is 1. The second-order valence-corrected chi connectivity index (χ2v) is 6.86. The van der Waals surface area contributed by atoms with Crippen molar-refractivity contribution in [1.82, 2.24) is 15.0 Å². The number of thiazole rings is 1. The predicted octanol–water partition coefficient (Wildman–Crippen LogP) is 3.47. The van der Waals surface area contributed by atoms with Gasteiger partial charge in [0.05, 0.1) is 17.4 Å². The average molecular weight is 334 g/mol. The van der Waals surface area contributed by atoms with Crippen LogP contribution in [0.25, 0.3) is 0 Å². The summed E-state index contributed by atoms with van der Waals surface area (Å²) in [5.41, 5.74) is 2.73. The number of hydrogen-bond donors (Lipinski definition) is 1. The van der Waals surface area contributed by atoms with Gasteiger partial charge in [0.25, 0.3) is 5.91 Å². The van der Waals surface area contributed by atoms with E-state index in [4.69, 9.17) is 4.52 Å². The molecular formula is C16H22N4O2S. The van der Waals surface area contributed by atoms with E-state index in [2.05, 4.69) is 15.5 Å². The van der Waals surface area contributed by atoms with Crippen molar-refractivity contribution >= 4 is 22.4 Å². The molecule has 3 rings (SSSR count). The molecule has 1 atom stereocenters. The van der Waals surface area contributed by atoms with Gasteiger partial charge in [-0.05, 0) is 40.5 Å². The summed E-state index contributed by atoms with van der Waals surface area (Å²) in [5, 5.41) is 8.03. The molecule has 2 aromatic rings. The van der Waals surface area contributed by atoms with Gasteiger partial charge in [0.2, 0.25) is 0 Å². The van der Waals surface area contributed by atoms with Gasteiger partial charge < -0.3 is 14.7 Å². The fourth-order valence-corrected chi connectivity index (χ4v) is 4.22. The van der Waals surface area contributed by atoms with E-state index in [1.54, 1.807) is 0 Å². The summed E-state index contributed by atoms with van der Waals surface area (Å²) in [6.07, 6.45) is 1.95. The van der Waals surface area contributed by atoms with Gasteiger partial charge in [-0.15, -0.1) is 0 Å². The van der Waals surface area contributed by atoms with Gasteiger partial charge in [0, 0.05) is 18.7 Å². The molecule has 1 aliphatic rings. The van der Waals surface area contributed by atoms with Crippen molar-refractivity contribution in [3.8, 4) is 0 Å². The van der Waals surface area contributed by atoms with E-state index in [0.717, 1.165) is 58.7 Å². The minimum Gasteiger partial charge on any atom is -0.362 e.